The number of nitro benzene ring substituents is 1. The standard InChI is InChI=1S/C16H11FN2O2S/c17-13-7-12(8-14(9-13)19(20)21)10-1-3-11(4-2-10)16-15(18)5-6-22-16/h1-9H,18H2. The van der Waals surface area contributed by atoms with Gasteiger partial charge >= 0.3 is 0 Å². The summed E-state index contributed by atoms with van der Waals surface area (Å²) >= 11 is 1.54. The van der Waals surface area contributed by atoms with Crippen LogP contribution in [0.15, 0.2) is 53.9 Å². The van der Waals surface area contributed by atoms with Gasteiger partial charge < -0.3 is 5.73 Å². The van der Waals surface area contributed by atoms with Crippen LogP contribution in [0.25, 0.3) is 21.6 Å². The molecular formula is C16H11FN2O2S. The molecule has 0 amide bonds. The van der Waals surface area contributed by atoms with Crippen molar-refractivity contribution in [3.63, 3.8) is 0 Å². The van der Waals surface area contributed by atoms with Crippen LogP contribution in [0.5, 0.6) is 0 Å². The van der Waals surface area contributed by atoms with Gasteiger partial charge in [0.25, 0.3) is 5.69 Å². The molecule has 0 radical (unpaired) electrons. The maximum atomic E-state index is 13.5. The monoisotopic (exact) mass is 314 g/mol. The Labute approximate surface area is 129 Å². The number of anilines is 1. The van der Waals surface area contributed by atoms with Crippen molar-refractivity contribution in [2.75, 3.05) is 5.73 Å². The van der Waals surface area contributed by atoms with E-state index in [0.717, 1.165) is 16.5 Å². The van der Waals surface area contributed by atoms with Crippen LogP contribution in [0.1, 0.15) is 0 Å². The Morgan fingerprint density at radius 1 is 1.00 bits per heavy atom. The number of hydrogen-bond donors (Lipinski definition) is 1. The molecule has 0 aliphatic heterocycles. The molecule has 2 aromatic carbocycles. The van der Waals surface area contributed by atoms with Gasteiger partial charge in [-0.2, -0.15) is 0 Å². The molecule has 0 atom stereocenters. The van der Waals surface area contributed by atoms with Crippen LogP contribution in [0, 0.1) is 15.9 Å². The molecule has 6 heteroatoms. The first-order valence-corrected chi connectivity index (χ1v) is 7.31. The lowest BCUT2D eigenvalue weighted by molar-refractivity contribution is -0.385. The van der Waals surface area contributed by atoms with Gasteiger partial charge in [-0.3, -0.25) is 10.1 Å². The van der Waals surface area contributed by atoms with Crippen LogP contribution in [-0.4, -0.2) is 4.92 Å². The Kier molecular flexibility index (Phi) is 3.60. The quantitative estimate of drug-likeness (QED) is 0.562. The first-order chi connectivity index (χ1) is 10.5. The molecule has 0 saturated carbocycles. The summed E-state index contributed by atoms with van der Waals surface area (Å²) in [4.78, 5) is 11.2. The van der Waals surface area contributed by atoms with Gasteiger partial charge in [0.2, 0.25) is 0 Å². The van der Waals surface area contributed by atoms with E-state index in [-0.39, 0.29) is 5.69 Å². The third-order valence-electron chi connectivity index (χ3n) is 3.27. The average Bonchev–Trinajstić information content (AvgIpc) is 2.93. The van der Waals surface area contributed by atoms with E-state index in [1.54, 1.807) is 12.1 Å². The maximum absolute atomic E-state index is 13.5. The zero-order valence-electron chi connectivity index (χ0n) is 11.3. The van der Waals surface area contributed by atoms with E-state index in [2.05, 4.69) is 0 Å². The van der Waals surface area contributed by atoms with Gasteiger partial charge in [0.05, 0.1) is 21.6 Å². The molecular weight excluding hydrogens is 303 g/mol. The van der Waals surface area contributed by atoms with Crippen molar-refractivity contribution in [2.45, 2.75) is 0 Å². The number of nitrogen functional groups attached to an aromatic ring is 1. The fraction of sp³-hybridized carbons (Fsp3) is 0. The number of thiophene rings is 1. The minimum absolute atomic E-state index is 0.262. The molecule has 2 N–H and O–H groups in total. The second-order valence-corrected chi connectivity index (χ2v) is 5.65. The SMILES string of the molecule is Nc1ccsc1-c1ccc(-c2cc(F)cc([N+](=O)[O-])c2)cc1. The summed E-state index contributed by atoms with van der Waals surface area (Å²) in [5.41, 5.74) is 8.47. The van der Waals surface area contributed by atoms with Crippen LogP contribution < -0.4 is 5.73 Å². The molecule has 0 aliphatic rings. The lowest BCUT2D eigenvalue weighted by Gasteiger charge is -2.05. The zero-order chi connectivity index (χ0) is 15.7. The Hall–Kier alpha value is -2.73. The van der Waals surface area contributed by atoms with Crippen molar-refractivity contribution in [3.05, 3.63) is 69.8 Å². The number of halogens is 1. The van der Waals surface area contributed by atoms with E-state index in [0.29, 0.717) is 16.8 Å². The van der Waals surface area contributed by atoms with Gasteiger partial charge in [0.15, 0.2) is 0 Å². The highest BCUT2D eigenvalue weighted by Crippen LogP contribution is 2.33. The van der Waals surface area contributed by atoms with Gasteiger partial charge in [0, 0.05) is 6.07 Å². The lowest BCUT2D eigenvalue weighted by atomic mass is 10.0. The minimum atomic E-state index is -0.629. The van der Waals surface area contributed by atoms with E-state index >= 15 is 0 Å². The van der Waals surface area contributed by atoms with Gasteiger partial charge in [-0.05, 0) is 34.2 Å². The van der Waals surface area contributed by atoms with Crippen molar-refractivity contribution < 1.29 is 9.31 Å². The molecule has 3 rings (SSSR count). The van der Waals surface area contributed by atoms with Crippen molar-refractivity contribution in [1.29, 1.82) is 0 Å². The van der Waals surface area contributed by atoms with Crippen LogP contribution >= 0.6 is 11.3 Å². The fourth-order valence-electron chi connectivity index (χ4n) is 2.21. The largest absolute Gasteiger partial charge is 0.398 e. The van der Waals surface area contributed by atoms with E-state index < -0.39 is 10.7 Å². The molecule has 0 saturated heterocycles. The molecule has 1 aromatic heterocycles. The number of nitrogens with zero attached hydrogens (tertiary/aromatic N) is 1. The molecule has 0 aliphatic carbocycles. The zero-order valence-corrected chi connectivity index (χ0v) is 12.1. The second-order valence-electron chi connectivity index (χ2n) is 4.74. The van der Waals surface area contributed by atoms with Gasteiger partial charge in [0.1, 0.15) is 5.82 Å². The summed E-state index contributed by atoms with van der Waals surface area (Å²) in [6, 6.07) is 12.7. The fourth-order valence-corrected chi connectivity index (χ4v) is 3.04. The van der Waals surface area contributed by atoms with Crippen molar-refractivity contribution >= 4 is 22.7 Å². The third kappa shape index (κ3) is 2.68. The molecule has 0 spiro atoms. The third-order valence-corrected chi connectivity index (χ3v) is 4.25. The van der Waals surface area contributed by atoms with Crippen LogP contribution in [0.4, 0.5) is 15.8 Å². The van der Waals surface area contributed by atoms with E-state index in [9.17, 15) is 14.5 Å². The number of nitro groups is 1. The molecule has 4 nitrogen and oxygen atoms in total. The predicted molar refractivity (Wildman–Crippen MR) is 86.2 cm³/mol. The van der Waals surface area contributed by atoms with E-state index in [1.165, 1.54) is 23.5 Å². The minimum Gasteiger partial charge on any atom is -0.398 e. The normalized spacial score (nSPS) is 10.6. The predicted octanol–water partition coefficient (Wildman–Crippen LogP) is 4.71. The van der Waals surface area contributed by atoms with E-state index in [4.69, 9.17) is 5.73 Å². The van der Waals surface area contributed by atoms with Crippen molar-refractivity contribution in [1.82, 2.24) is 0 Å². The summed E-state index contributed by atoms with van der Waals surface area (Å²) in [6.07, 6.45) is 0. The maximum Gasteiger partial charge on any atom is 0.272 e. The highest BCUT2D eigenvalue weighted by atomic mass is 32.1. The van der Waals surface area contributed by atoms with Crippen molar-refractivity contribution in [3.8, 4) is 21.6 Å². The van der Waals surface area contributed by atoms with Gasteiger partial charge in [-0.1, -0.05) is 24.3 Å². The number of non-ortho nitro benzene ring substituents is 1. The number of nitrogens with two attached hydrogens (primary N) is 1. The summed E-state index contributed by atoms with van der Waals surface area (Å²) in [5, 5.41) is 12.7. The smallest absolute Gasteiger partial charge is 0.272 e. The Morgan fingerprint density at radius 3 is 2.27 bits per heavy atom. The first kappa shape index (κ1) is 14.2. The highest BCUT2D eigenvalue weighted by molar-refractivity contribution is 7.14. The van der Waals surface area contributed by atoms with Gasteiger partial charge in [-0.15, -0.1) is 11.3 Å². The highest BCUT2D eigenvalue weighted by Gasteiger charge is 2.11. The molecule has 0 fully saturated rings. The summed E-state index contributed by atoms with van der Waals surface area (Å²) in [6.45, 7) is 0. The molecule has 3 aromatic rings. The summed E-state index contributed by atoms with van der Waals surface area (Å²) in [5.74, 6) is -0.629. The van der Waals surface area contributed by atoms with Crippen LogP contribution in [-0.2, 0) is 0 Å². The molecule has 0 bridgehead atoms. The number of benzene rings is 2. The first-order valence-electron chi connectivity index (χ1n) is 6.43. The molecule has 110 valence electrons. The average molecular weight is 314 g/mol. The van der Waals surface area contributed by atoms with Crippen LogP contribution in [0.3, 0.4) is 0 Å². The van der Waals surface area contributed by atoms with Crippen molar-refractivity contribution in [2.24, 2.45) is 0 Å². The van der Waals surface area contributed by atoms with Crippen LogP contribution in [0.2, 0.25) is 0 Å². The second kappa shape index (κ2) is 5.57. The Bertz CT molecular complexity index is 844. The number of rotatable bonds is 3. The number of hydrogen-bond acceptors (Lipinski definition) is 4. The van der Waals surface area contributed by atoms with E-state index in [1.807, 2.05) is 23.6 Å². The van der Waals surface area contributed by atoms with Gasteiger partial charge in [-0.25, -0.2) is 4.39 Å². The lowest BCUT2D eigenvalue weighted by Crippen LogP contribution is -1.90. The molecule has 22 heavy (non-hydrogen) atoms. The topological polar surface area (TPSA) is 69.2 Å². The summed E-state index contributed by atoms with van der Waals surface area (Å²) < 4.78 is 13.5. The molecule has 1 heterocycles. The Balaban J connectivity index is 2.00. The Morgan fingerprint density at radius 2 is 1.68 bits per heavy atom. The molecule has 0 unspecified atom stereocenters. The summed E-state index contributed by atoms with van der Waals surface area (Å²) in [7, 11) is 0.